The lowest BCUT2D eigenvalue weighted by Gasteiger charge is -2.36. The highest BCUT2D eigenvalue weighted by atomic mass is 32.2. The summed E-state index contributed by atoms with van der Waals surface area (Å²) in [6.07, 6.45) is 2.25. The van der Waals surface area contributed by atoms with Gasteiger partial charge >= 0.3 is 5.97 Å². The van der Waals surface area contributed by atoms with Crippen molar-refractivity contribution < 1.29 is 19.5 Å². The first-order chi connectivity index (χ1) is 11.9. The highest BCUT2D eigenvalue weighted by Gasteiger charge is 2.37. The molecule has 2 unspecified atom stereocenters. The van der Waals surface area contributed by atoms with Crippen molar-refractivity contribution in [1.82, 2.24) is 15.1 Å². The average Bonchev–Trinajstić information content (AvgIpc) is 2.55. The van der Waals surface area contributed by atoms with Crippen LogP contribution in [-0.4, -0.2) is 77.0 Å². The monoisotopic (exact) mass is 385 g/mol. The third kappa shape index (κ3) is 6.32. The molecule has 1 aliphatic heterocycles. The number of hydrogen-bond donors (Lipinski definition) is 2. The van der Waals surface area contributed by atoms with Crippen LogP contribution in [0.3, 0.4) is 0 Å². The van der Waals surface area contributed by atoms with Crippen LogP contribution < -0.4 is 5.32 Å². The predicted octanol–water partition coefficient (Wildman–Crippen LogP) is 1.40. The van der Waals surface area contributed by atoms with Gasteiger partial charge in [0.15, 0.2) is 0 Å². The fourth-order valence-electron chi connectivity index (χ4n) is 2.60. The summed E-state index contributed by atoms with van der Waals surface area (Å²) >= 11 is 1.79. The molecule has 0 aliphatic carbocycles. The van der Waals surface area contributed by atoms with Gasteiger partial charge in [0, 0.05) is 25.0 Å². The highest BCUT2D eigenvalue weighted by Crippen LogP contribution is 2.23. The molecule has 7 nitrogen and oxygen atoms in total. The molecule has 0 radical (unpaired) electrons. The third-order valence-electron chi connectivity index (χ3n) is 4.45. The summed E-state index contributed by atoms with van der Waals surface area (Å²) in [6, 6.07) is -0.908. The van der Waals surface area contributed by atoms with Gasteiger partial charge in [0.1, 0.15) is 6.04 Å². The van der Waals surface area contributed by atoms with Gasteiger partial charge in [-0.05, 0) is 31.6 Å². The quantitative estimate of drug-likeness (QED) is 0.672. The van der Waals surface area contributed by atoms with Gasteiger partial charge in [-0.25, -0.2) is 4.79 Å². The fraction of sp³-hybridized carbons (Fsp3) is 0.722. The zero-order chi connectivity index (χ0) is 20.1. The second-order valence-electron chi connectivity index (χ2n) is 7.82. The standard InChI is InChI=1S/C18H31N3O4S/c1-12(17(24)25)7-9-20(5)16(23)14(18(2,3)4)19-15(22)13-8-10-26-11-21(13)6/h7,13-14H,8-11H2,1-6H3,(H,19,22)(H,24,25)/b12-7+. The van der Waals surface area contributed by atoms with Crippen LogP contribution in [0.25, 0.3) is 0 Å². The summed E-state index contributed by atoms with van der Waals surface area (Å²) in [5.74, 6) is 0.353. The molecular weight excluding hydrogens is 354 g/mol. The van der Waals surface area contributed by atoms with Crippen LogP contribution >= 0.6 is 11.8 Å². The molecule has 1 aliphatic rings. The number of thioether (sulfide) groups is 1. The van der Waals surface area contributed by atoms with Gasteiger partial charge in [0.05, 0.1) is 6.04 Å². The second kappa shape index (κ2) is 9.41. The molecule has 0 aromatic carbocycles. The average molecular weight is 386 g/mol. The number of likely N-dealkylation sites (N-methyl/N-ethyl adjacent to an activating group) is 2. The number of carboxylic acid groups (broad SMARTS) is 1. The van der Waals surface area contributed by atoms with E-state index in [9.17, 15) is 14.4 Å². The Labute approximate surface area is 160 Å². The Balaban J connectivity index is 2.85. The van der Waals surface area contributed by atoms with Gasteiger partial charge in [-0.15, -0.1) is 11.8 Å². The third-order valence-corrected chi connectivity index (χ3v) is 5.56. The molecule has 2 amide bonds. The van der Waals surface area contributed by atoms with Crippen LogP contribution in [0, 0.1) is 5.41 Å². The molecule has 2 atom stereocenters. The van der Waals surface area contributed by atoms with Crippen molar-refractivity contribution in [1.29, 1.82) is 0 Å². The minimum atomic E-state index is -1.01. The van der Waals surface area contributed by atoms with Gasteiger partial charge in [-0.1, -0.05) is 26.8 Å². The Morgan fingerprint density at radius 3 is 2.50 bits per heavy atom. The SMILES string of the molecule is C/C(=C\CN(C)C(=O)C(NC(=O)C1CCSCN1C)C(C)(C)C)C(=O)O. The maximum Gasteiger partial charge on any atom is 0.331 e. The predicted molar refractivity (Wildman–Crippen MR) is 104 cm³/mol. The largest absolute Gasteiger partial charge is 0.478 e. The topological polar surface area (TPSA) is 90.0 Å². The molecule has 148 valence electrons. The van der Waals surface area contributed by atoms with E-state index in [2.05, 4.69) is 5.32 Å². The van der Waals surface area contributed by atoms with Gasteiger partial charge in [0.2, 0.25) is 11.8 Å². The highest BCUT2D eigenvalue weighted by molar-refractivity contribution is 7.99. The summed E-state index contributed by atoms with van der Waals surface area (Å²) in [5.41, 5.74) is -0.281. The lowest BCUT2D eigenvalue weighted by atomic mass is 9.85. The van der Waals surface area contributed by atoms with Crippen LogP contribution in [0.5, 0.6) is 0 Å². The van der Waals surface area contributed by atoms with Crippen molar-refractivity contribution in [3.63, 3.8) is 0 Å². The lowest BCUT2D eigenvalue weighted by Crippen LogP contribution is -2.58. The van der Waals surface area contributed by atoms with E-state index in [1.807, 2.05) is 32.7 Å². The van der Waals surface area contributed by atoms with Crippen molar-refractivity contribution >= 4 is 29.5 Å². The molecular formula is C18H31N3O4S. The Kier molecular flexibility index (Phi) is 8.15. The Morgan fingerprint density at radius 1 is 1.38 bits per heavy atom. The fourth-order valence-corrected chi connectivity index (χ4v) is 3.59. The molecule has 2 N–H and O–H groups in total. The summed E-state index contributed by atoms with van der Waals surface area (Å²) in [5, 5.41) is 11.9. The van der Waals surface area contributed by atoms with Crippen LogP contribution in [0.15, 0.2) is 11.6 Å². The Bertz CT molecular complexity index is 571. The van der Waals surface area contributed by atoms with Crippen molar-refractivity contribution in [2.24, 2.45) is 5.41 Å². The molecule has 26 heavy (non-hydrogen) atoms. The number of carbonyl (C=O) groups excluding carboxylic acids is 2. The number of carbonyl (C=O) groups is 3. The maximum absolute atomic E-state index is 12.9. The molecule has 0 spiro atoms. The summed E-state index contributed by atoms with van der Waals surface area (Å²) in [4.78, 5) is 39.9. The van der Waals surface area contributed by atoms with E-state index in [-0.39, 0.29) is 30.0 Å². The van der Waals surface area contributed by atoms with Gasteiger partial charge < -0.3 is 15.3 Å². The molecule has 0 saturated carbocycles. The van der Waals surface area contributed by atoms with E-state index in [1.54, 1.807) is 18.8 Å². The van der Waals surface area contributed by atoms with Crippen molar-refractivity contribution in [3.05, 3.63) is 11.6 Å². The van der Waals surface area contributed by atoms with Crippen LogP contribution in [0.1, 0.15) is 34.1 Å². The van der Waals surface area contributed by atoms with E-state index >= 15 is 0 Å². The molecule has 1 rings (SSSR count). The summed E-state index contributed by atoms with van der Waals surface area (Å²) < 4.78 is 0. The molecule has 8 heteroatoms. The van der Waals surface area contributed by atoms with E-state index in [0.29, 0.717) is 0 Å². The molecule has 1 fully saturated rings. The first kappa shape index (κ1) is 22.5. The molecule has 0 bridgehead atoms. The smallest absolute Gasteiger partial charge is 0.331 e. The molecule has 1 heterocycles. The van der Waals surface area contributed by atoms with E-state index in [4.69, 9.17) is 5.11 Å². The second-order valence-corrected chi connectivity index (χ2v) is 8.89. The van der Waals surface area contributed by atoms with E-state index in [0.717, 1.165) is 18.1 Å². The zero-order valence-corrected chi connectivity index (χ0v) is 17.4. The number of nitrogens with one attached hydrogen (secondary N) is 1. The number of rotatable bonds is 6. The van der Waals surface area contributed by atoms with Gasteiger partial charge in [0.25, 0.3) is 0 Å². The summed E-state index contributed by atoms with van der Waals surface area (Å²) in [6.45, 7) is 7.38. The van der Waals surface area contributed by atoms with Crippen LogP contribution in [0.2, 0.25) is 0 Å². The number of nitrogens with zero attached hydrogens (tertiary/aromatic N) is 2. The number of carboxylic acids is 1. The van der Waals surface area contributed by atoms with E-state index < -0.39 is 17.4 Å². The van der Waals surface area contributed by atoms with Crippen molar-refractivity contribution in [3.8, 4) is 0 Å². The normalized spacial score (nSPS) is 20.4. The number of hydrogen-bond acceptors (Lipinski definition) is 5. The maximum atomic E-state index is 12.9. The van der Waals surface area contributed by atoms with Crippen molar-refractivity contribution in [2.45, 2.75) is 46.2 Å². The molecule has 1 saturated heterocycles. The van der Waals surface area contributed by atoms with Gasteiger partial charge in [-0.2, -0.15) is 0 Å². The molecule has 0 aromatic rings. The molecule has 0 aromatic heterocycles. The minimum Gasteiger partial charge on any atom is -0.478 e. The van der Waals surface area contributed by atoms with Crippen molar-refractivity contribution in [2.75, 3.05) is 32.3 Å². The Hall–Kier alpha value is -1.54. The number of aliphatic carboxylic acids is 1. The minimum absolute atomic E-state index is 0.133. The first-order valence-corrected chi connectivity index (χ1v) is 9.84. The van der Waals surface area contributed by atoms with E-state index in [1.165, 1.54) is 17.9 Å². The summed E-state index contributed by atoms with van der Waals surface area (Å²) in [7, 11) is 3.53. The Morgan fingerprint density at radius 2 is 2.00 bits per heavy atom. The first-order valence-electron chi connectivity index (χ1n) is 8.68. The van der Waals surface area contributed by atoms with Crippen LogP contribution in [0.4, 0.5) is 0 Å². The lowest BCUT2D eigenvalue weighted by molar-refractivity contribution is -0.139. The van der Waals surface area contributed by atoms with Crippen LogP contribution in [-0.2, 0) is 14.4 Å². The van der Waals surface area contributed by atoms with Gasteiger partial charge in [-0.3, -0.25) is 14.5 Å². The number of amides is 2. The zero-order valence-electron chi connectivity index (χ0n) is 16.5.